The Morgan fingerprint density at radius 3 is 2.00 bits per heavy atom. The molecule has 5 nitrogen and oxygen atoms in total. The summed E-state index contributed by atoms with van der Waals surface area (Å²) >= 11 is 3.94. The Kier molecular flexibility index (Phi) is 3.67. The second-order valence-electron chi connectivity index (χ2n) is 8.20. The lowest BCUT2D eigenvalue weighted by atomic mass is 9.55. The topological polar surface area (TPSA) is 74.7 Å². The summed E-state index contributed by atoms with van der Waals surface area (Å²) < 4.78 is -0.848. The second kappa shape index (κ2) is 6.14. The number of para-hydroxylation sites is 1. The van der Waals surface area contributed by atoms with Crippen molar-refractivity contribution >= 4 is 39.4 Å². The van der Waals surface area contributed by atoms with Gasteiger partial charge in [-0.25, -0.2) is 9.69 Å². The number of alkyl halides is 1. The third-order valence-electron chi connectivity index (χ3n) is 6.89. The van der Waals surface area contributed by atoms with Crippen LogP contribution in [-0.4, -0.2) is 22.9 Å². The molecule has 2 atom stereocenters. The third kappa shape index (κ3) is 2.13. The number of carboxylic acids is 1. The van der Waals surface area contributed by atoms with Crippen LogP contribution in [0.4, 0.5) is 5.69 Å². The van der Waals surface area contributed by atoms with Gasteiger partial charge >= 0.3 is 5.97 Å². The summed E-state index contributed by atoms with van der Waals surface area (Å²) in [5.74, 6) is -3.39. The van der Waals surface area contributed by atoms with Crippen molar-refractivity contribution in [2.24, 2.45) is 11.8 Å². The van der Waals surface area contributed by atoms with Crippen LogP contribution in [-0.2, 0) is 13.9 Å². The summed E-state index contributed by atoms with van der Waals surface area (Å²) in [6, 6.07) is 22.0. The highest BCUT2D eigenvalue weighted by Crippen LogP contribution is 2.66. The van der Waals surface area contributed by atoms with Gasteiger partial charge in [-0.2, -0.15) is 0 Å². The van der Waals surface area contributed by atoms with E-state index in [-0.39, 0.29) is 29.0 Å². The lowest BCUT2D eigenvalue weighted by Crippen LogP contribution is -2.50. The zero-order chi connectivity index (χ0) is 21.5. The van der Waals surface area contributed by atoms with E-state index < -0.39 is 22.1 Å². The highest BCUT2D eigenvalue weighted by atomic mass is 79.9. The van der Waals surface area contributed by atoms with Crippen molar-refractivity contribution in [1.29, 1.82) is 0 Å². The fourth-order valence-electron chi connectivity index (χ4n) is 5.77. The summed E-state index contributed by atoms with van der Waals surface area (Å²) in [7, 11) is 0. The molecule has 1 saturated heterocycles. The lowest BCUT2D eigenvalue weighted by molar-refractivity contribution is -0.122. The molecule has 2 bridgehead atoms. The van der Waals surface area contributed by atoms with Crippen molar-refractivity contribution in [3.63, 3.8) is 0 Å². The largest absolute Gasteiger partial charge is 0.478 e. The van der Waals surface area contributed by atoms with Crippen LogP contribution in [0, 0.1) is 11.8 Å². The highest BCUT2D eigenvalue weighted by Gasteiger charge is 2.67. The van der Waals surface area contributed by atoms with E-state index in [2.05, 4.69) is 15.9 Å². The van der Waals surface area contributed by atoms with Crippen LogP contribution in [0.1, 0.15) is 38.5 Å². The van der Waals surface area contributed by atoms with Gasteiger partial charge in [0.1, 0.15) is 0 Å². The minimum Gasteiger partial charge on any atom is -0.478 e. The van der Waals surface area contributed by atoms with Gasteiger partial charge in [0.15, 0.2) is 0 Å². The van der Waals surface area contributed by atoms with Crippen LogP contribution in [0.2, 0.25) is 0 Å². The Balaban J connectivity index is 1.62. The average Bonchev–Trinajstić information content (AvgIpc) is 3.05. The number of halogens is 1. The van der Waals surface area contributed by atoms with Gasteiger partial charge in [-0.15, -0.1) is 0 Å². The van der Waals surface area contributed by atoms with E-state index in [0.29, 0.717) is 0 Å². The molecule has 1 N–H and O–H groups in total. The number of carbonyl (C=O) groups excluding carboxylic acids is 2. The number of rotatable bonds is 2. The first-order valence-electron chi connectivity index (χ1n) is 10.0. The summed E-state index contributed by atoms with van der Waals surface area (Å²) in [6.45, 7) is 0. The van der Waals surface area contributed by atoms with Crippen LogP contribution in [0.15, 0.2) is 72.8 Å². The molecule has 0 aromatic heterocycles. The van der Waals surface area contributed by atoms with E-state index in [0.717, 1.165) is 27.2 Å². The van der Waals surface area contributed by atoms with E-state index in [1.165, 1.54) is 12.1 Å². The van der Waals surface area contributed by atoms with Gasteiger partial charge in [0.05, 0.1) is 27.4 Å². The molecule has 1 fully saturated rings. The molecule has 3 aliphatic carbocycles. The summed E-state index contributed by atoms with van der Waals surface area (Å²) in [4.78, 5) is 40.5. The van der Waals surface area contributed by atoms with Gasteiger partial charge in [-0.1, -0.05) is 76.6 Å². The van der Waals surface area contributed by atoms with Crippen LogP contribution < -0.4 is 4.90 Å². The predicted octanol–water partition coefficient (Wildman–Crippen LogP) is 4.29. The molecule has 152 valence electrons. The van der Waals surface area contributed by atoms with E-state index in [9.17, 15) is 19.5 Å². The van der Waals surface area contributed by atoms with E-state index in [4.69, 9.17) is 0 Å². The van der Waals surface area contributed by atoms with Crippen LogP contribution in [0.25, 0.3) is 0 Å². The number of hydrogen-bond donors (Lipinski definition) is 1. The normalized spacial score (nSPS) is 27.6. The number of anilines is 1. The second-order valence-corrected chi connectivity index (χ2v) is 9.45. The molecule has 4 aliphatic rings. The minimum absolute atomic E-state index is 0.0613. The van der Waals surface area contributed by atoms with Crippen molar-refractivity contribution in [2.45, 2.75) is 10.2 Å². The van der Waals surface area contributed by atoms with E-state index in [1.807, 2.05) is 48.5 Å². The standard InChI is InChI=1S/C25H16BrNO4/c26-25-16-10-4-1-7-13(16)19(14-8-2-5-11-17(14)25)20-21(25)23(29)27(22(20)28)18-12-6-3-9-15(18)24(30)31/h1-12,19-21H,(H,30,31)/t19?,20-,21-,25?/m1/s1. The number of nitrogens with zero attached hydrogens (tertiary/aromatic N) is 1. The van der Waals surface area contributed by atoms with Crippen molar-refractivity contribution < 1.29 is 19.5 Å². The quantitative estimate of drug-likeness (QED) is 0.445. The minimum atomic E-state index is -1.17. The monoisotopic (exact) mass is 473 g/mol. The molecule has 0 spiro atoms. The molecule has 31 heavy (non-hydrogen) atoms. The Morgan fingerprint density at radius 2 is 1.39 bits per heavy atom. The maximum absolute atomic E-state index is 13.8. The molecule has 7 rings (SSSR count). The Labute approximate surface area is 186 Å². The Morgan fingerprint density at radius 1 is 0.839 bits per heavy atom. The predicted molar refractivity (Wildman–Crippen MR) is 117 cm³/mol. The fraction of sp³-hybridized carbons (Fsp3) is 0.160. The van der Waals surface area contributed by atoms with Crippen LogP contribution in [0.3, 0.4) is 0 Å². The smallest absolute Gasteiger partial charge is 0.337 e. The molecule has 3 aromatic carbocycles. The molecule has 3 aromatic rings. The molecular formula is C25H16BrNO4. The number of aromatic carboxylic acids is 1. The molecule has 0 unspecified atom stereocenters. The number of amides is 2. The summed E-state index contributed by atoms with van der Waals surface area (Å²) in [5.41, 5.74) is 4.13. The number of carbonyl (C=O) groups is 3. The zero-order valence-corrected chi connectivity index (χ0v) is 17.7. The molecule has 2 amide bonds. The SMILES string of the molecule is O=C(O)c1ccccc1N1C(=O)[C@@H]2C3c4ccccc4C(Br)(c4ccccc43)[C@H]2C1=O. The number of carboxylic acid groups (broad SMARTS) is 1. The van der Waals surface area contributed by atoms with Gasteiger partial charge in [-0.3, -0.25) is 9.59 Å². The highest BCUT2D eigenvalue weighted by molar-refractivity contribution is 9.09. The van der Waals surface area contributed by atoms with Gasteiger partial charge in [-0.05, 0) is 34.4 Å². The first-order chi connectivity index (χ1) is 15.0. The maximum atomic E-state index is 13.8. The van der Waals surface area contributed by atoms with E-state index >= 15 is 0 Å². The number of benzene rings is 3. The van der Waals surface area contributed by atoms with Gasteiger partial charge < -0.3 is 5.11 Å². The molecule has 1 aliphatic heterocycles. The number of hydrogen-bond acceptors (Lipinski definition) is 3. The van der Waals surface area contributed by atoms with Gasteiger partial charge in [0.2, 0.25) is 11.8 Å². The van der Waals surface area contributed by atoms with Crippen LogP contribution in [0.5, 0.6) is 0 Å². The first-order valence-corrected chi connectivity index (χ1v) is 10.8. The first kappa shape index (κ1) is 18.5. The van der Waals surface area contributed by atoms with Crippen molar-refractivity contribution in [1.82, 2.24) is 0 Å². The third-order valence-corrected chi connectivity index (χ3v) is 8.24. The zero-order valence-electron chi connectivity index (χ0n) is 16.2. The Bertz CT molecular complexity index is 1270. The van der Waals surface area contributed by atoms with Crippen molar-refractivity contribution in [3.8, 4) is 0 Å². The Hall–Kier alpha value is -3.25. The molecule has 1 heterocycles. The van der Waals surface area contributed by atoms with Crippen molar-refractivity contribution in [3.05, 3.63) is 101 Å². The van der Waals surface area contributed by atoms with Crippen molar-refractivity contribution in [2.75, 3.05) is 4.90 Å². The molecule has 6 heteroatoms. The fourth-order valence-corrected chi connectivity index (χ4v) is 6.97. The summed E-state index contributed by atoms with van der Waals surface area (Å²) in [6.07, 6.45) is 0. The lowest BCUT2D eigenvalue weighted by Gasteiger charge is -2.51. The molecular weight excluding hydrogens is 458 g/mol. The van der Waals surface area contributed by atoms with Gasteiger partial charge in [0, 0.05) is 5.92 Å². The summed E-state index contributed by atoms with van der Waals surface area (Å²) in [5, 5.41) is 9.65. The average molecular weight is 474 g/mol. The number of imide groups is 1. The van der Waals surface area contributed by atoms with E-state index in [1.54, 1.807) is 12.1 Å². The van der Waals surface area contributed by atoms with Gasteiger partial charge in [0.25, 0.3) is 0 Å². The van der Waals surface area contributed by atoms with Crippen LogP contribution >= 0.6 is 15.9 Å². The molecule has 0 saturated carbocycles. The maximum Gasteiger partial charge on any atom is 0.337 e. The molecule has 0 radical (unpaired) electrons.